The fourth-order valence-electron chi connectivity index (χ4n) is 1.38. The normalized spacial score (nSPS) is 10.0. The van der Waals surface area contributed by atoms with Gasteiger partial charge in [-0.15, -0.1) is 0 Å². The van der Waals surface area contributed by atoms with E-state index in [1.165, 1.54) is 5.56 Å². The van der Waals surface area contributed by atoms with Crippen molar-refractivity contribution in [2.75, 3.05) is 13.2 Å². The lowest BCUT2D eigenvalue weighted by Gasteiger charge is -2.18. The number of ether oxygens (including phenoxy) is 2. The Morgan fingerprint density at radius 1 is 1.14 bits per heavy atom. The van der Waals surface area contributed by atoms with Gasteiger partial charge in [0.05, 0.1) is 13.2 Å². The van der Waals surface area contributed by atoms with Gasteiger partial charge in [0.2, 0.25) is 6.41 Å². The molecule has 124 valence electrons. The SMILES string of the molecule is CCOC(=O)Oc1ccc(C(C)(C)C)cc1.CCONC=O. The molecule has 0 atom stereocenters. The minimum Gasteiger partial charge on any atom is -0.434 e. The van der Waals surface area contributed by atoms with E-state index in [0.29, 0.717) is 25.4 Å². The van der Waals surface area contributed by atoms with Crippen molar-refractivity contribution in [1.29, 1.82) is 0 Å². The van der Waals surface area contributed by atoms with Gasteiger partial charge in [0.15, 0.2) is 0 Å². The summed E-state index contributed by atoms with van der Waals surface area (Å²) < 4.78 is 9.64. The Hall–Kier alpha value is -2.08. The van der Waals surface area contributed by atoms with Crippen molar-refractivity contribution < 1.29 is 23.9 Å². The second-order valence-electron chi connectivity index (χ2n) is 5.23. The molecule has 1 N–H and O–H groups in total. The third kappa shape index (κ3) is 8.97. The Morgan fingerprint density at radius 3 is 2.09 bits per heavy atom. The maximum atomic E-state index is 11.0. The Labute approximate surface area is 131 Å². The minimum atomic E-state index is -0.661. The number of hydrogen-bond acceptors (Lipinski definition) is 5. The predicted molar refractivity (Wildman–Crippen MR) is 83.6 cm³/mol. The summed E-state index contributed by atoms with van der Waals surface area (Å²) in [5.74, 6) is 0.506. The molecule has 1 aromatic rings. The third-order valence-electron chi connectivity index (χ3n) is 2.46. The number of rotatable bonds is 5. The lowest BCUT2D eigenvalue weighted by atomic mass is 9.87. The highest BCUT2D eigenvalue weighted by Gasteiger charge is 2.13. The van der Waals surface area contributed by atoms with E-state index < -0.39 is 6.16 Å². The second-order valence-corrected chi connectivity index (χ2v) is 5.23. The van der Waals surface area contributed by atoms with Crippen LogP contribution in [-0.4, -0.2) is 25.8 Å². The van der Waals surface area contributed by atoms with Crippen molar-refractivity contribution in [3.05, 3.63) is 29.8 Å². The Balaban J connectivity index is 0.000000626. The Kier molecular flexibility index (Phi) is 9.61. The van der Waals surface area contributed by atoms with Crippen LogP contribution in [-0.2, 0) is 19.8 Å². The highest BCUT2D eigenvalue weighted by atomic mass is 16.7. The molecule has 0 heterocycles. The van der Waals surface area contributed by atoms with Crippen molar-refractivity contribution in [2.45, 2.75) is 40.0 Å². The van der Waals surface area contributed by atoms with E-state index in [0.717, 1.165) is 0 Å². The molecule has 0 aromatic heterocycles. The van der Waals surface area contributed by atoms with Crippen LogP contribution in [0, 0.1) is 0 Å². The number of hydrogen-bond donors (Lipinski definition) is 1. The lowest BCUT2D eigenvalue weighted by molar-refractivity contribution is -0.120. The van der Waals surface area contributed by atoms with Crippen molar-refractivity contribution in [2.24, 2.45) is 0 Å². The number of carbonyl (C=O) groups is 2. The van der Waals surface area contributed by atoms with Gasteiger partial charge < -0.3 is 9.47 Å². The van der Waals surface area contributed by atoms with Crippen molar-refractivity contribution in [1.82, 2.24) is 5.48 Å². The molecule has 1 rings (SSSR count). The number of hydroxylamine groups is 1. The fraction of sp³-hybridized carbons (Fsp3) is 0.500. The Bertz CT molecular complexity index is 437. The van der Waals surface area contributed by atoms with E-state index in [-0.39, 0.29) is 5.41 Å². The zero-order valence-corrected chi connectivity index (χ0v) is 13.8. The molecular formula is C16H25NO5. The molecule has 22 heavy (non-hydrogen) atoms. The average molecular weight is 311 g/mol. The monoisotopic (exact) mass is 311 g/mol. The zero-order valence-electron chi connectivity index (χ0n) is 13.8. The van der Waals surface area contributed by atoms with Gasteiger partial charge in [-0.25, -0.2) is 10.3 Å². The average Bonchev–Trinajstić information content (AvgIpc) is 2.45. The number of benzene rings is 1. The highest BCUT2D eigenvalue weighted by molar-refractivity contribution is 5.63. The van der Waals surface area contributed by atoms with Gasteiger partial charge in [0.25, 0.3) is 0 Å². The van der Waals surface area contributed by atoms with Crippen LogP contribution in [0.4, 0.5) is 4.79 Å². The first-order valence-corrected chi connectivity index (χ1v) is 7.11. The first-order valence-electron chi connectivity index (χ1n) is 7.11. The van der Waals surface area contributed by atoms with Crippen molar-refractivity contribution >= 4 is 12.6 Å². The summed E-state index contributed by atoms with van der Waals surface area (Å²) in [5.41, 5.74) is 3.31. The van der Waals surface area contributed by atoms with Gasteiger partial charge >= 0.3 is 6.16 Å². The maximum absolute atomic E-state index is 11.0. The molecule has 1 amide bonds. The van der Waals surface area contributed by atoms with E-state index in [1.807, 2.05) is 17.6 Å². The van der Waals surface area contributed by atoms with Gasteiger partial charge in [-0.2, -0.15) is 0 Å². The molecule has 0 spiro atoms. The van der Waals surface area contributed by atoms with E-state index in [9.17, 15) is 9.59 Å². The predicted octanol–water partition coefficient (Wildman–Crippen LogP) is 3.20. The van der Waals surface area contributed by atoms with Gasteiger partial charge in [0.1, 0.15) is 5.75 Å². The standard InChI is InChI=1S/C13H18O3.C3H7NO2/c1-5-15-12(14)16-11-8-6-10(7-9-11)13(2,3)4;1-2-6-4-3-5/h6-9H,5H2,1-4H3;3H,2H2,1H3,(H,4,5). The Morgan fingerprint density at radius 2 is 1.73 bits per heavy atom. The quantitative estimate of drug-likeness (QED) is 0.297. The molecule has 1 aromatic carbocycles. The van der Waals surface area contributed by atoms with Crippen LogP contribution in [0.5, 0.6) is 5.75 Å². The topological polar surface area (TPSA) is 73.9 Å². The molecule has 0 aliphatic rings. The molecule has 0 unspecified atom stereocenters. The third-order valence-corrected chi connectivity index (χ3v) is 2.46. The second kappa shape index (κ2) is 10.6. The van der Waals surface area contributed by atoms with E-state index >= 15 is 0 Å². The highest BCUT2D eigenvalue weighted by Crippen LogP contribution is 2.24. The molecule has 0 bridgehead atoms. The van der Waals surface area contributed by atoms with E-state index in [4.69, 9.17) is 4.74 Å². The molecular weight excluding hydrogens is 286 g/mol. The summed E-state index contributed by atoms with van der Waals surface area (Å²) in [6.07, 6.45) is -0.172. The fourth-order valence-corrected chi connectivity index (χ4v) is 1.38. The number of nitrogens with one attached hydrogen (secondary N) is 1. The van der Waals surface area contributed by atoms with Gasteiger partial charge in [-0.1, -0.05) is 32.9 Å². The number of amides is 1. The van der Waals surface area contributed by atoms with Crippen LogP contribution in [0.2, 0.25) is 0 Å². The summed E-state index contributed by atoms with van der Waals surface area (Å²) in [5, 5.41) is 0. The number of carbonyl (C=O) groups excluding carboxylic acids is 2. The van der Waals surface area contributed by atoms with Crippen LogP contribution in [0.15, 0.2) is 24.3 Å². The van der Waals surface area contributed by atoms with Gasteiger partial charge in [-0.3, -0.25) is 9.63 Å². The first-order chi connectivity index (χ1) is 10.3. The summed E-state index contributed by atoms with van der Waals surface area (Å²) in [6, 6.07) is 7.46. The lowest BCUT2D eigenvalue weighted by Crippen LogP contribution is -2.12. The summed E-state index contributed by atoms with van der Waals surface area (Å²) in [7, 11) is 0. The van der Waals surface area contributed by atoms with Crippen LogP contribution in [0.25, 0.3) is 0 Å². The van der Waals surface area contributed by atoms with E-state index in [1.54, 1.807) is 26.0 Å². The van der Waals surface area contributed by atoms with Crippen molar-refractivity contribution in [3.8, 4) is 5.75 Å². The molecule has 6 heteroatoms. The van der Waals surface area contributed by atoms with Crippen LogP contribution >= 0.6 is 0 Å². The maximum Gasteiger partial charge on any atom is 0.513 e. The summed E-state index contributed by atoms with van der Waals surface area (Å²) in [6.45, 7) is 10.8. The molecule has 0 fully saturated rings. The smallest absolute Gasteiger partial charge is 0.434 e. The first kappa shape index (κ1) is 19.9. The molecule has 0 saturated heterocycles. The minimum absolute atomic E-state index is 0.0997. The van der Waals surface area contributed by atoms with Crippen LogP contribution in [0.1, 0.15) is 40.2 Å². The zero-order chi connectivity index (χ0) is 17.0. The largest absolute Gasteiger partial charge is 0.513 e. The van der Waals surface area contributed by atoms with Crippen LogP contribution < -0.4 is 10.2 Å². The van der Waals surface area contributed by atoms with Gasteiger partial charge in [0, 0.05) is 0 Å². The molecule has 0 radical (unpaired) electrons. The van der Waals surface area contributed by atoms with Crippen LogP contribution in [0.3, 0.4) is 0 Å². The summed E-state index contributed by atoms with van der Waals surface area (Å²) >= 11 is 0. The van der Waals surface area contributed by atoms with E-state index in [2.05, 4.69) is 30.3 Å². The summed E-state index contributed by atoms with van der Waals surface area (Å²) in [4.78, 5) is 24.7. The molecule has 0 aliphatic heterocycles. The molecule has 6 nitrogen and oxygen atoms in total. The molecule has 0 saturated carbocycles. The molecule has 0 aliphatic carbocycles. The van der Waals surface area contributed by atoms with Crippen molar-refractivity contribution in [3.63, 3.8) is 0 Å². The van der Waals surface area contributed by atoms with Gasteiger partial charge in [-0.05, 0) is 37.0 Å².